The fourth-order valence-electron chi connectivity index (χ4n) is 6.37. The molecule has 1 amide bonds. The van der Waals surface area contributed by atoms with E-state index in [9.17, 15) is 4.79 Å². The van der Waals surface area contributed by atoms with Gasteiger partial charge in [-0.1, -0.05) is 81.8 Å². The third-order valence-corrected chi connectivity index (χ3v) is 9.45. The number of unbranched alkanes of at least 4 members (excludes halogenated alkanes) is 3. The minimum atomic E-state index is -0.962. The van der Waals surface area contributed by atoms with E-state index in [0.717, 1.165) is 73.5 Å². The van der Waals surface area contributed by atoms with Crippen LogP contribution in [0.15, 0.2) is 78.9 Å². The smallest absolute Gasteiger partial charge is 0.217 e. The molecule has 48 heavy (non-hydrogen) atoms. The predicted octanol–water partition coefficient (Wildman–Crippen LogP) is 7.52. The number of hydrogen-bond acceptors (Lipinski definition) is 7. The Morgan fingerprint density at radius 1 is 0.750 bits per heavy atom. The molecule has 4 rings (SSSR count). The molecule has 3 aromatic carbocycles. The minimum Gasteiger partial charge on any atom is -0.497 e. The van der Waals surface area contributed by atoms with E-state index in [1.54, 1.807) is 21.1 Å². The summed E-state index contributed by atoms with van der Waals surface area (Å²) in [7, 11) is 3.33. The van der Waals surface area contributed by atoms with Gasteiger partial charge in [-0.15, -0.1) is 0 Å². The molecule has 5 unspecified atom stereocenters. The van der Waals surface area contributed by atoms with Gasteiger partial charge in [0.05, 0.1) is 33.0 Å². The molecule has 1 heterocycles. The minimum absolute atomic E-state index is 0.0715. The lowest BCUT2D eigenvalue weighted by Crippen LogP contribution is -2.58. The Balaban J connectivity index is 1.59. The summed E-state index contributed by atoms with van der Waals surface area (Å²) in [5.41, 5.74) is 1.94. The molecule has 3 aromatic rings. The second-order valence-corrected chi connectivity index (χ2v) is 12.7. The quantitative estimate of drug-likeness (QED) is 0.105. The molecule has 1 N–H and O–H groups in total. The van der Waals surface area contributed by atoms with Crippen LogP contribution in [0.1, 0.15) is 76.5 Å². The summed E-state index contributed by atoms with van der Waals surface area (Å²) in [5, 5.41) is 3.11. The van der Waals surface area contributed by atoms with E-state index in [4.69, 9.17) is 28.4 Å². The van der Waals surface area contributed by atoms with Crippen molar-refractivity contribution >= 4 is 5.91 Å². The van der Waals surface area contributed by atoms with Crippen LogP contribution in [0.2, 0.25) is 0 Å². The Labute approximate surface area is 287 Å². The van der Waals surface area contributed by atoms with Crippen molar-refractivity contribution in [1.82, 2.24) is 5.32 Å². The third kappa shape index (κ3) is 9.59. The van der Waals surface area contributed by atoms with Crippen LogP contribution in [0.25, 0.3) is 0 Å². The van der Waals surface area contributed by atoms with E-state index in [1.807, 2.05) is 42.5 Å². The molecule has 1 aliphatic rings. The number of carbonyl (C=O) groups excluding carboxylic acids is 1. The number of nitrogens with one attached hydrogen (secondary N) is 1. The van der Waals surface area contributed by atoms with Crippen molar-refractivity contribution in [2.75, 3.05) is 40.6 Å². The number of benzene rings is 3. The zero-order chi connectivity index (χ0) is 34.4. The first kappa shape index (κ1) is 37.4. The maximum atomic E-state index is 12.3. The summed E-state index contributed by atoms with van der Waals surface area (Å²) in [6, 6.07) is 26.0. The Morgan fingerprint density at radius 2 is 1.31 bits per heavy atom. The molecule has 262 valence electrons. The zero-order valence-corrected chi connectivity index (χ0v) is 29.6. The molecule has 0 bridgehead atoms. The summed E-state index contributed by atoms with van der Waals surface area (Å²) in [6.07, 6.45) is 4.25. The monoisotopic (exact) mass is 661 g/mol. The molecule has 0 radical (unpaired) electrons. The van der Waals surface area contributed by atoms with E-state index in [0.29, 0.717) is 13.2 Å². The number of methoxy groups -OCH3 is 2. The average Bonchev–Trinajstić information content (AvgIpc) is 3.12. The second kappa shape index (κ2) is 18.9. The van der Waals surface area contributed by atoms with Crippen molar-refractivity contribution < 1.29 is 33.2 Å². The van der Waals surface area contributed by atoms with E-state index in [-0.39, 0.29) is 29.9 Å². The fourth-order valence-corrected chi connectivity index (χ4v) is 6.37. The van der Waals surface area contributed by atoms with E-state index >= 15 is 0 Å². The van der Waals surface area contributed by atoms with Gasteiger partial charge in [-0.2, -0.15) is 0 Å². The lowest BCUT2D eigenvalue weighted by molar-refractivity contribution is -0.249. The largest absolute Gasteiger partial charge is 0.497 e. The molecule has 1 aliphatic heterocycles. The SMILES string of the molecule is CCCCOCCCCCOC1OC(COC(c2ccccc2)(c2ccc(OC)cc2)c2ccc(OC)cc2)C(C)C(C)C1NC(C)=O. The van der Waals surface area contributed by atoms with Crippen LogP contribution >= 0.6 is 0 Å². The summed E-state index contributed by atoms with van der Waals surface area (Å²) >= 11 is 0. The van der Waals surface area contributed by atoms with Crippen molar-refractivity contribution in [3.63, 3.8) is 0 Å². The molecular weight excluding hydrogens is 606 g/mol. The molecule has 8 nitrogen and oxygen atoms in total. The van der Waals surface area contributed by atoms with Crippen LogP contribution in [-0.4, -0.2) is 65.0 Å². The Bertz CT molecular complexity index is 1300. The molecule has 5 atom stereocenters. The first-order chi connectivity index (χ1) is 23.3. The van der Waals surface area contributed by atoms with E-state index in [2.05, 4.69) is 62.5 Å². The van der Waals surface area contributed by atoms with Crippen molar-refractivity contribution in [1.29, 1.82) is 0 Å². The van der Waals surface area contributed by atoms with Crippen molar-refractivity contribution in [2.24, 2.45) is 11.8 Å². The molecule has 0 aromatic heterocycles. The highest BCUT2D eigenvalue weighted by Gasteiger charge is 2.45. The Morgan fingerprint density at radius 3 is 1.88 bits per heavy atom. The molecule has 0 saturated carbocycles. The van der Waals surface area contributed by atoms with Crippen LogP contribution in [0.5, 0.6) is 11.5 Å². The predicted molar refractivity (Wildman–Crippen MR) is 188 cm³/mol. The summed E-state index contributed by atoms with van der Waals surface area (Å²) < 4.78 is 37.0. The van der Waals surface area contributed by atoms with Gasteiger partial charge < -0.3 is 33.7 Å². The van der Waals surface area contributed by atoms with Gasteiger partial charge in [0.2, 0.25) is 5.91 Å². The highest BCUT2D eigenvalue weighted by molar-refractivity contribution is 5.73. The van der Waals surface area contributed by atoms with Gasteiger partial charge in [-0.05, 0) is 78.5 Å². The summed E-state index contributed by atoms with van der Waals surface area (Å²) in [5.74, 6) is 1.59. The molecular formula is C40H55NO7. The first-order valence-electron chi connectivity index (χ1n) is 17.4. The van der Waals surface area contributed by atoms with Crippen LogP contribution in [-0.2, 0) is 29.3 Å². The molecule has 8 heteroatoms. The first-order valence-corrected chi connectivity index (χ1v) is 17.4. The van der Waals surface area contributed by atoms with Gasteiger partial charge in [0.1, 0.15) is 17.1 Å². The number of rotatable bonds is 19. The van der Waals surface area contributed by atoms with Gasteiger partial charge in [-0.25, -0.2) is 0 Å². The number of amides is 1. The van der Waals surface area contributed by atoms with Crippen LogP contribution in [0, 0.1) is 11.8 Å². The topological polar surface area (TPSA) is 84.5 Å². The lowest BCUT2D eigenvalue weighted by Gasteiger charge is -2.46. The lowest BCUT2D eigenvalue weighted by atomic mass is 9.79. The molecule has 0 aliphatic carbocycles. The molecule has 0 spiro atoms. The van der Waals surface area contributed by atoms with Crippen molar-refractivity contribution in [3.05, 3.63) is 95.6 Å². The maximum Gasteiger partial charge on any atom is 0.217 e. The van der Waals surface area contributed by atoms with Gasteiger partial charge in [-0.3, -0.25) is 4.79 Å². The number of carbonyl (C=O) groups is 1. The van der Waals surface area contributed by atoms with Gasteiger partial charge in [0, 0.05) is 26.7 Å². The van der Waals surface area contributed by atoms with Crippen LogP contribution in [0.3, 0.4) is 0 Å². The third-order valence-electron chi connectivity index (χ3n) is 9.45. The molecule has 1 fully saturated rings. The maximum absolute atomic E-state index is 12.3. The standard InChI is InChI=1S/C40H55NO7/c1-7-8-25-45-26-13-10-14-27-46-39-38(41-31(4)42)30(3)29(2)37(48-39)28-47-40(32-15-11-9-12-16-32,33-17-21-35(43-5)22-18-33)34-19-23-36(44-6)24-20-34/h9,11-12,15-24,29-30,37-39H,7-8,10,13-14,25-28H2,1-6H3,(H,41,42). The highest BCUT2D eigenvalue weighted by atomic mass is 16.7. The molecule has 1 saturated heterocycles. The van der Waals surface area contributed by atoms with Crippen molar-refractivity contribution in [3.8, 4) is 11.5 Å². The zero-order valence-electron chi connectivity index (χ0n) is 29.6. The van der Waals surface area contributed by atoms with Crippen LogP contribution < -0.4 is 14.8 Å². The fraction of sp³-hybridized carbons (Fsp3) is 0.525. The Kier molecular flexibility index (Phi) is 14.8. The second-order valence-electron chi connectivity index (χ2n) is 12.7. The average molecular weight is 662 g/mol. The summed E-state index contributed by atoms with van der Waals surface area (Å²) in [4.78, 5) is 12.3. The van der Waals surface area contributed by atoms with Crippen LogP contribution in [0.4, 0.5) is 0 Å². The van der Waals surface area contributed by atoms with Gasteiger partial charge >= 0.3 is 0 Å². The van der Waals surface area contributed by atoms with Gasteiger partial charge in [0.25, 0.3) is 0 Å². The highest BCUT2D eigenvalue weighted by Crippen LogP contribution is 2.43. The summed E-state index contributed by atoms with van der Waals surface area (Å²) in [6.45, 7) is 10.4. The normalized spacial score (nSPS) is 21.1. The van der Waals surface area contributed by atoms with E-state index in [1.165, 1.54) is 0 Å². The number of ether oxygens (including phenoxy) is 6. The Hall–Kier alpha value is -3.43. The van der Waals surface area contributed by atoms with Gasteiger partial charge in [0.15, 0.2) is 6.29 Å². The number of hydrogen-bond donors (Lipinski definition) is 1. The van der Waals surface area contributed by atoms with Crippen molar-refractivity contribution in [2.45, 2.75) is 83.8 Å². The van der Waals surface area contributed by atoms with E-state index < -0.39 is 11.9 Å².